The van der Waals surface area contributed by atoms with Gasteiger partial charge in [0.25, 0.3) is 0 Å². The Hall–Kier alpha value is -2.50. The van der Waals surface area contributed by atoms with Crippen LogP contribution in [0.2, 0.25) is 0 Å². The first-order valence-electron chi connectivity index (χ1n) is 6.57. The highest BCUT2D eigenvalue weighted by molar-refractivity contribution is 5.88. The number of fused-ring (bicyclic) bond motifs is 1. The van der Waals surface area contributed by atoms with E-state index in [1.54, 1.807) is 10.9 Å². The Balaban J connectivity index is 1.59. The van der Waals surface area contributed by atoms with Crippen LogP contribution in [0.4, 0.5) is 11.4 Å². The van der Waals surface area contributed by atoms with Gasteiger partial charge in [-0.1, -0.05) is 12.1 Å². The summed E-state index contributed by atoms with van der Waals surface area (Å²) in [6, 6.07) is 7.61. The van der Waals surface area contributed by atoms with Crippen LogP contribution in [0.3, 0.4) is 0 Å². The largest absolute Gasteiger partial charge is 0.381 e. The molecule has 0 saturated heterocycles. The number of rotatable bonds is 3. The van der Waals surface area contributed by atoms with E-state index in [0.29, 0.717) is 13.1 Å². The molecule has 6 nitrogen and oxygen atoms in total. The quantitative estimate of drug-likeness (QED) is 0.777. The van der Waals surface area contributed by atoms with Crippen LogP contribution in [0.15, 0.2) is 36.7 Å². The molecule has 1 amide bonds. The van der Waals surface area contributed by atoms with E-state index >= 15 is 0 Å². The van der Waals surface area contributed by atoms with E-state index < -0.39 is 0 Å². The fraction of sp³-hybridized carbons (Fsp3) is 0.286. The van der Waals surface area contributed by atoms with Gasteiger partial charge in [0.15, 0.2) is 0 Å². The molecular formula is C14H17N5O. The van der Waals surface area contributed by atoms with Crippen molar-refractivity contribution in [3.63, 3.8) is 0 Å². The number of benzene rings is 1. The topological polar surface area (TPSA) is 71.0 Å². The molecule has 3 N–H and O–H groups in total. The van der Waals surface area contributed by atoms with Crippen LogP contribution in [0.25, 0.3) is 0 Å². The van der Waals surface area contributed by atoms with Gasteiger partial charge in [0.05, 0.1) is 17.6 Å². The van der Waals surface area contributed by atoms with Crippen LogP contribution < -0.4 is 16.0 Å². The number of amides is 1. The molecule has 1 aromatic heterocycles. The van der Waals surface area contributed by atoms with Gasteiger partial charge in [-0.25, -0.2) is 0 Å². The van der Waals surface area contributed by atoms with Crippen molar-refractivity contribution in [2.24, 2.45) is 7.05 Å². The Morgan fingerprint density at radius 1 is 1.45 bits per heavy atom. The van der Waals surface area contributed by atoms with Gasteiger partial charge >= 0.3 is 0 Å². The van der Waals surface area contributed by atoms with E-state index in [2.05, 4.69) is 21.0 Å². The summed E-state index contributed by atoms with van der Waals surface area (Å²) in [4.78, 5) is 12.1. The van der Waals surface area contributed by atoms with Crippen molar-refractivity contribution in [1.29, 1.82) is 0 Å². The monoisotopic (exact) mass is 271 g/mol. The Morgan fingerprint density at radius 3 is 3.00 bits per heavy atom. The van der Waals surface area contributed by atoms with E-state index in [9.17, 15) is 4.79 Å². The summed E-state index contributed by atoms with van der Waals surface area (Å²) in [7, 11) is 1.86. The number of carbonyl (C=O) groups is 1. The third-order valence-electron chi connectivity index (χ3n) is 3.30. The molecule has 104 valence electrons. The first-order chi connectivity index (χ1) is 9.72. The molecule has 0 aliphatic carbocycles. The highest BCUT2D eigenvalue weighted by atomic mass is 16.2. The lowest BCUT2D eigenvalue weighted by Gasteiger charge is -2.27. The predicted octanol–water partition coefficient (Wildman–Crippen LogP) is 0.942. The fourth-order valence-corrected chi connectivity index (χ4v) is 2.25. The normalized spacial score (nSPS) is 16.8. The summed E-state index contributed by atoms with van der Waals surface area (Å²) in [5, 5.41) is 13.5. The summed E-state index contributed by atoms with van der Waals surface area (Å²) in [6.45, 7) is 1.07. The second-order valence-corrected chi connectivity index (χ2v) is 4.86. The number of para-hydroxylation sites is 2. The summed E-state index contributed by atoms with van der Waals surface area (Å²) >= 11 is 0. The molecule has 0 fully saturated rings. The maximum absolute atomic E-state index is 12.1. The van der Waals surface area contributed by atoms with Crippen molar-refractivity contribution in [1.82, 2.24) is 15.1 Å². The van der Waals surface area contributed by atoms with Crippen molar-refractivity contribution < 1.29 is 4.79 Å². The average Bonchev–Trinajstić information content (AvgIpc) is 2.90. The van der Waals surface area contributed by atoms with Crippen molar-refractivity contribution in [3.05, 3.63) is 42.2 Å². The van der Waals surface area contributed by atoms with E-state index in [4.69, 9.17) is 0 Å². The summed E-state index contributed by atoms with van der Waals surface area (Å²) in [6.07, 6.45) is 3.64. The second kappa shape index (κ2) is 5.24. The van der Waals surface area contributed by atoms with E-state index in [1.807, 2.05) is 37.5 Å². The smallest absolute Gasteiger partial charge is 0.244 e. The van der Waals surface area contributed by atoms with Crippen LogP contribution in [-0.2, 0) is 18.4 Å². The molecule has 0 bridgehead atoms. The molecule has 1 aliphatic rings. The van der Waals surface area contributed by atoms with Crippen molar-refractivity contribution >= 4 is 17.3 Å². The second-order valence-electron chi connectivity index (χ2n) is 4.86. The lowest BCUT2D eigenvalue weighted by atomic mass is 10.1. The van der Waals surface area contributed by atoms with Gasteiger partial charge in [-0.2, -0.15) is 5.10 Å². The van der Waals surface area contributed by atoms with Crippen LogP contribution in [0.5, 0.6) is 0 Å². The van der Waals surface area contributed by atoms with Gasteiger partial charge in [0.1, 0.15) is 6.04 Å². The standard InChI is InChI=1S/C14H17N5O/c1-19-9-10(7-17-19)6-16-14(20)13-8-15-11-4-2-3-5-12(11)18-13/h2-5,7,9,13,15,18H,6,8H2,1H3,(H,16,20). The Kier molecular flexibility index (Phi) is 3.28. The first kappa shape index (κ1) is 12.5. The summed E-state index contributed by atoms with van der Waals surface area (Å²) in [5.41, 5.74) is 2.98. The van der Waals surface area contributed by atoms with Gasteiger partial charge in [0.2, 0.25) is 5.91 Å². The fourth-order valence-electron chi connectivity index (χ4n) is 2.25. The van der Waals surface area contributed by atoms with Crippen LogP contribution in [0, 0.1) is 0 Å². The summed E-state index contributed by atoms with van der Waals surface area (Å²) < 4.78 is 1.72. The molecule has 20 heavy (non-hydrogen) atoms. The number of hydrogen-bond acceptors (Lipinski definition) is 4. The number of anilines is 2. The number of nitrogens with one attached hydrogen (secondary N) is 3. The highest BCUT2D eigenvalue weighted by Crippen LogP contribution is 2.25. The zero-order valence-corrected chi connectivity index (χ0v) is 11.3. The van der Waals surface area contributed by atoms with Crippen molar-refractivity contribution in [3.8, 4) is 0 Å². The van der Waals surface area contributed by atoms with E-state index in [1.165, 1.54) is 0 Å². The minimum absolute atomic E-state index is 0.0177. The minimum Gasteiger partial charge on any atom is -0.381 e. The summed E-state index contributed by atoms with van der Waals surface area (Å²) in [5.74, 6) is -0.0177. The Bertz CT molecular complexity index is 622. The Morgan fingerprint density at radius 2 is 2.25 bits per heavy atom. The number of hydrogen-bond donors (Lipinski definition) is 3. The predicted molar refractivity (Wildman–Crippen MR) is 77.4 cm³/mol. The van der Waals surface area contributed by atoms with Crippen molar-refractivity contribution in [2.75, 3.05) is 17.2 Å². The minimum atomic E-state index is -0.262. The maximum Gasteiger partial charge on any atom is 0.244 e. The molecule has 3 rings (SSSR count). The highest BCUT2D eigenvalue weighted by Gasteiger charge is 2.22. The number of carbonyl (C=O) groups excluding carboxylic acids is 1. The Labute approximate surface area is 117 Å². The van der Waals surface area contributed by atoms with Gasteiger partial charge in [-0.15, -0.1) is 0 Å². The maximum atomic E-state index is 12.1. The van der Waals surface area contributed by atoms with Gasteiger partial charge in [-0.05, 0) is 12.1 Å². The molecule has 2 heterocycles. The number of aromatic nitrogens is 2. The molecule has 0 spiro atoms. The number of nitrogens with zero attached hydrogens (tertiary/aromatic N) is 2. The van der Waals surface area contributed by atoms with Gasteiger partial charge < -0.3 is 16.0 Å². The molecule has 1 atom stereocenters. The van der Waals surface area contributed by atoms with Crippen LogP contribution in [-0.4, -0.2) is 28.3 Å². The van der Waals surface area contributed by atoms with Crippen LogP contribution >= 0.6 is 0 Å². The van der Waals surface area contributed by atoms with Gasteiger partial charge in [0, 0.05) is 31.9 Å². The third kappa shape index (κ3) is 2.59. The lowest BCUT2D eigenvalue weighted by Crippen LogP contribution is -2.45. The molecule has 1 aliphatic heterocycles. The van der Waals surface area contributed by atoms with Gasteiger partial charge in [-0.3, -0.25) is 9.48 Å². The average molecular weight is 271 g/mol. The first-order valence-corrected chi connectivity index (χ1v) is 6.57. The number of aryl methyl sites for hydroxylation is 1. The molecular weight excluding hydrogens is 254 g/mol. The van der Waals surface area contributed by atoms with E-state index in [-0.39, 0.29) is 11.9 Å². The SMILES string of the molecule is Cn1cc(CNC(=O)C2CNc3ccccc3N2)cn1. The molecule has 6 heteroatoms. The molecule has 0 saturated carbocycles. The lowest BCUT2D eigenvalue weighted by molar-refractivity contribution is -0.121. The molecule has 1 unspecified atom stereocenters. The molecule has 1 aromatic carbocycles. The molecule has 2 aromatic rings. The zero-order valence-electron chi connectivity index (χ0n) is 11.3. The van der Waals surface area contributed by atoms with Crippen molar-refractivity contribution in [2.45, 2.75) is 12.6 Å². The van der Waals surface area contributed by atoms with E-state index in [0.717, 1.165) is 16.9 Å². The zero-order chi connectivity index (χ0) is 13.9. The molecule has 0 radical (unpaired) electrons. The van der Waals surface area contributed by atoms with Crippen LogP contribution in [0.1, 0.15) is 5.56 Å². The third-order valence-corrected chi connectivity index (χ3v) is 3.30.